The lowest BCUT2D eigenvalue weighted by Gasteiger charge is -2.09. The van der Waals surface area contributed by atoms with Gasteiger partial charge in [0.05, 0.1) is 10.6 Å². The number of hydrogen-bond donors (Lipinski definition) is 1. The van der Waals surface area contributed by atoms with Gasteiger partial charge in [-0.05, 0) is 48.5 Å². The molecule has 1 heterocycles. The summed E-state index contributed by atoms with van der Waals surface area (Å²) in [5.74, 6) is 0. The highest BCUT2D eigenvalue weighted by Crippen LogP contribution is 2.23. The van der Waals surface area contributed by atoms with Crippen LogP contribution < -0.4 is 4.72 Å². The molecule has 3 rings (SSSR count). The molecule has 0 spiro atoms. The minimum atomic E-state index is -3.74. The van der Waals surface area contributed by atoms with Crippen molar-refractivity contribution in [2.45, 2.75) is 9.92 Å². The van der Waals surface area contributed by atoms with E-state index in [0.29, 0.717) is 16.9 Å². The second kappa shape index (κ2) is 7.37. The number of benzene rings is 2. The summed E-state index contributed by atoms with van der Waals surface area (Å²) >= 11 is 3.27. The van der Waals surface area contributed by atoms with Crippen molar-refractivity contribution in [2.24, 2.45) is 0 Å². The monoisotopic (exact) mass is 467 g/mol. The molecular weight excluding hydrogens is 454 g/mol. The van der Waals surface area contributed by atoms with Gasteiger partial charge in [-0.3, -0.25) is 4.72 Å². The van der Waals surface area contributed by atoms with Crippen LogP contribution in [0.15, 0.2) is 75.1 Å². The Morgan fingerprint density at radius 1 is 0.889 bits per heavy atom. The number of halogens is 1. The zero-order chi connectivity index (χ0) is 19.7. The molecule has 3 aromatic rings. The van der Waals surface area contributed by atoms with Crippen molar-refractivity contribution in [1.29, 1.82) is 0 Å². The summed E-state index contributed by atoms with van der Waals surface area (Å²) in [5, 5.41) is 7.49. The largest absolute Gasteiger partial charge is 0.280 e. The van der Waals surface area contributed by atoms with E-state index in [1.807, 2.05) is 0 Å². The molecule has 0 unspecified atom stereocenters. The lowest BCUT2D eigenvalue weighted by Crippen LogP contribution is -2.12. The first-order valence-electron chi connectivity index (χ1n) is 7.58. The van der Waals surface area contributed by atoms with Crippen molar-refractivity contribution in [1.82, 2.24) is 10.2 Å². The van der Waals surface area contributed by atoms with Crippen molar-refractivity contribution >= 4 is 41.5 Å². The quantitative estimate of drug-likeness (QED) is 0.617. The van der Waals surface area contributed by atoms with E-state index in [1.165, 1.54) is 24.3 Å². The molecule has 0 amide bonds. The minimum absolute atomic E-state index is 0.127. The van der Waals surface area contributed by atoms with E-state index in [0.717, 1.165) is 10.7 Å². The van der Waals surface area contributed by atoms with Gasteiger partial charge in [-0.25, -0.2) is 16.8 Å². The smallest absolute Gasteiger partial charge is 0.261 e. The average molecular weight is 468 g/mol. The molecule has 10 heteroatoms. The Kier molecular flexibility index (Phi) is 5.31. The summed E-state index contributed by atoms with van der Waals surface area (Å²) in [4.78, 5) is 0.133. The van der Waals surface area contributed by atoms with Crippen molar-refractivity contribution in [2.75, 3.05) is 11.0 Å². The Bertz CT molecular complexity index is 1180. The summed E-state index contributed by atoms with van der Waals surface area (Å²) in [6.45, 7) is 0. The maximum atomic E-state index is 12.5. The summed E-state index contributed by atoms with van der Waals surface area (Å²) in [6, 6.07) is 15.7. The summed E-state index contributed by atoms with van der Waals surface area (Å²) < 4.78 is 51.2. The van der Waals surface area contributed by atoms with Gasteiger partial charge in [-0.1, -0.05) is 28.1 Å². The molecule has 2 aromatic carbocycles. The van der Waals surface area contributed by atoms with Gasteiger partial charge >= 0.3 is 0 Å². The van der Waals surface area contributed by atoms with Gasteiger partial charge in [0.25, 0.3) is 10.0 Å². The van der Waals surface area contributed by atoms with Gasteiger partial charge in [0.1, 0.15) is 0 Å². The normalized spacial score (nSPS) is 11.9. The van der Waals surface area contributed by atoms with Gasteiger partial charge in [0, 0.05) is 22.0 Å². The molecule has 0 radical (unpaired) electrons. The number of rotatable bonds is 5. The van der Waals surface area contributed by atoms with Gasteiger partial charge < -0.3 is 0 Å². The number of nitrogens with one attached hydrogen (secondary N) is 1. The van der Waals surface area contributed by atoms with Gasteiger partial charge in [0.15, 0.2) is 14.9 Å². The van der Waals surface area contributed by atoms with E-state index in [-0.39, 0.29) is 9.92 Å². The topological polar surface area (TPSA) is 106 Å². The minimum Gasteiger partial charge on any atom is -0.280 e. The van der Waals surface area contributed by atoms with E-state index in [2.05, 4.69) is 30.8 Å². The molecule has 0 fully saturated rings. The molecular formula is C17H14BrN3O4S2. The molecule has 7 nitrogen and oxygen atoms in total. The van der Waals surface area contributed by atoms with Gasteiger partial charge in [-0.2, -0.15) is 0 Å². The zero-order valence-corrected chi connectivity index (χ0v) is 17.2. The summed E-state index contributed by atoms with van der Waals surface area (Å²) in [5.41, 5.74) is 1.37. The molecule has 1 aromatic heterocycles. The molecule has 27 heavy (non-hydrogen) atoms. The maximum Gasteiger partial charge on any atom is 0.261 e. The van der Waals surface area contributed by atoms with Crippen LogP contribution in [-0.2, 0) is 19.9 Å². The molecule has 0 saturated heterocycles. The second-order valence-corrected chi connectivity index (χ2v) is 10.2. The Balaban J connectivity index is 1.88. The number of aromatic nitrogens is 2. The van der Waals surface area contributed by atoms with E-state index in [4.69, 9.17) is 0 Å². The van der Waals surface area contributed by atoms with Crippen molar-refractivity contribution in [3.63, 3.8) is 0 Å². The van der Waals surface area contributed by atoms with Crippen LogP contribution in [0.3, 0.4) is 0 Å². The highest BCUT2D eigenvalue weighted by atomic mass is 79.9. The third-order valence-electron chi connectivity index (χ3n) is 3.55. The molecule has 140 valence electrons. The van der Waals surface area contributed by atoms with Crippen molar-refractivity contribution in [3.8, 4) is 11.3 Å². The van der Waals surface area contributed by atoms with Gasteiger partial charge in [0.2, 0.25) is 0 Å². The first-order valence-corrected chi connectivity index (χ1v) is 11.7. The molecule has 0 atom stereocenters. The number of nitrogens with zero attached hydrogens (tertiary/aromatic N) is 2. The van der Waals surface area contributed by atoms with Crippen LogP contribution in [0, 0.1) is 0 Å². The number of anilines is 1. The SMILES string of the molecule is CS(=O)(=O)c1ccc(-c2cccc(NS(=O)(=O)c3ccc(Br)cc3)c2)nn1. The number of hydrogen-bond acceptors (Lipinski definition) is 6. The van der Waals surface area contributed by atoms with E-state index in [1.54, 1.807) is 36.4 Å². The highest BCUT2D eigenvalue weighted by molar-refractivity contribution is 9.10. The maximum absolute atomic E-state index is 12.5. The first-order chi connectivity index (χ1) is 12.6. The number of sulfone groups is 1. The Hall–Kier alpha value is -2.30. The third-order valence-corrected chi connectivity index (χ3v) is 6.46. The third kappa shape index (κ3) is 4.71. The lowest BCUT2D eigenvalue weighted by molar-refractivity contribution is 0.595. The van der Waals surface area contributed by atoms with Crippen LogP contribution in [0.5, 0.6) is 0 Å². The Morgan fingerprint density at radius 3 is 2.19 bits per heavy atom. The fourth-order valence-corrected chi connectivity index (χ4v) is 4.06. The Labute approximate surface area is 165 Å². The highest BCUT2D eigenvalue weighted by Gasteiger charge is 2.15. The molecule has 0 saturated carbocycles. The lowest BCUT2D eigenvalue weighted by atomic mass is 10.1. The average Bonchev–Trinajstić information content (AvgIpc) is 2.61. The summed E-state index contributed by atoms with van der Waals surface area (Å²) in [6.07, 6.45) is 1.05. The fraction of sp³-hybridized carbons (Fsp3) is 0.0588. The van der Waals surface area contributed by atoms with Crippen LogP contribution in [0.25, 0.3) is 11.3 Å². The van der Waals surface area contributed by atoms with Crippen molar-refractivity contribution in [3.05, 3.63) is 65.1 Å². The Morgan fingerprint density at radius 2 is 1.59 bits per heavy atom. The van der Waals surface area contributed by atoms with Crippen molar-refractivity contribution < 1.29 is 16.8 Å². The van der Waals surface area contributed by atoms with E-state index >= 15 is 0 Å². The fourth-order valence-electron chi connectivity index (χ4n) is 2.24. The molecule has 0 bridgehead atoms. The molecule has 0 aliphatic heterocycles. The zero-order valence-electron chi connectivity index (χ0n) is 14.0. The van der Waals surface area contributed by atoms with Gasteiger partial charge in [-0.15, -0.1) is 10.2 Å². The second-order valence-electron chi connectivity index (χ2n) is 5.67. The molecule has 0 aliphatic rings. The number of sulfonamides is 1. The van der Waals surface area contributed by atoms with Crippen LogP contribution >= 0.6 is 15.9 Å². The molecule has 1 N–H and O–H groups in total. The van der Waals surface area contributed by atoms with E-state index < -0.39 is 19.9 Å². The van der Waals surface area contributed by atoms with E-state index in [9.17, 15) is 16.8 Å². The van der Waals surface area contributed by atoms with Crippen LogP contribution in [0.2, 0.25) is 0 Å². The van der Waals surface area contributed by atoms with Crippen LogP contribution in [-0.4, -0.2) is 33.3 Å². The summed E-state index contributed by atoms with van der Waals surface area (Å²) in [7, 11) is -7.18. The standard InChI is InChI=1S/C17H14BrN3O4S2/c1-26(22,23)17-10-9-16(19-20-17)12-3-2-4-14(11-12)21-27(24,25)15-7-5-13(18)6-8-15/h2-11,21H,1H3. The van der Waals surface area contributed by atoms with Crippen LogP contribution in [0.1, 0.15) is 0 Å². The predicted molar refractivity (Wildman–Crippen MR) is 106 cm³/mol. The van der Waals surface area contributed by atoms with Crippen LogP contribution in [0.4, 0.5) is 5.69 Å². The first kappa shape index (κ1) is 19.5. The molecule has 0 aliphatic carbocycles. The predicted octanol–water partition coefficient (Wildman–Crippen LogP) is 3.11.